The summed E-state index contributed by atoms with van der Waals surface area (Å²) < 4.78 is 32.7. The van der Waals surface area contributed by atoms with Crippen LogP contribution >= 0.6 is 0 Å². The maximum atomic E-state index is 11.0. The van der Waals surface area contributed by atoms with Gasteiger partial charge < -0.3 is 14.6 Å². The molecule has 1 fully saturated rings. The molecule has 1 N–H and O–H groups in total. The molecule has 0 saturated carbocycles. The van der Waals surface area contributed by atoms with E-state index in [0.717, 1.165) is 0 Å². The molecule has 5 nitrogen and oxygen atoms in total. The first-order valence-electron chi connectivity index (χ1n) is 5.19. The second kappa shape index (κ2) is 4.54. The number of sulfone groups is 1. The van der Waals surface area contributed by atoms with E-state index < -0.39 is 9.84 Å². The lowest BCUT2D eigenvalue weighted by Gasteiger charge is -2.27. The summed E-state index contributed by atoms with van der Waals surface area (Å²) in [6.45, 7) is -0.0939. The van der Waals surface area contributed by atoms with E-state index in [4.69, 9.17) is 14.6 Å². The molecule has 0 unspecified atom stereocenters. The molecule has 2 rings (SSSR count). The first kappa shape index (κ1) is 12.2. The van der Waals surface area contributed by atoms with Crippen LogP contribution in [0.25, 0.3) is 0 Å². The fourth-order valence-corrected chi connectivity index (χ4v) is 2.85. The molecule has 6 heteroatoms. The van der Waals surface area contributed by atoms with E-state index in [1.165, 1.54) is 7.11 Å². The zero-order valence-electron chi connectivity index (χ0n) is 9.42. The summed E-state index contributed by atoms with van der Waals surface area (Å²) in [5, 5.41) is 9.02. The molecule has 1 aromatic carbocycles. The van der Waals surface area contributed by atoms with Crippen molar-refractivity contribution in [2.45, 2.75) is 12.7 Å². The van der Waals surface area contributed by atoms with Crippen LogP contribution in [0.5, 0.6) is 11.5 Å². The fraction of sp³-hybridized carbons (Fsp3) is 0.455. The van der Waals surface area contributed by atoms with Gasteiger partial charge in [-0.05, 0) is 17.7 Å². The third-order valence-corrected chi connectivity index (χ3v) is 4.34. The van der Waals surface area contributed by atoms with Gasteiger partial charge in [0.15, 0.2) is 21.3 Å². The van der Waals surface area contributed by atoms with Crippen molar-refractivity contribution >= 4 is 9.84 Å². The van der Waals surface area contributed by atoms with Crippen LogP contribution in [-0.2, 0) is 16.4 Å². The molecule has 0 bridgehead atoms. The Morgan fingerprint density at radius 1 is 1.35 bits per heavy atom. The molecule has 0 radical (unpaired) electrons. The highest BCUT2D eigenvalue weighted by atomic mass is 32.2. The van der Waals surface area contributed by atoms with Gasteiger partial charge in [-0.15, -0.1) is 0 Å². The molecule has 1 aliphatic heterocycles. The van der Waals surface area contributed by atoms with Gasteiger partial charge in [0.1, 0.15) is 6.10 Å². The number of methoxy groups -OCH3 is 1. The van der Waals surface area contributed by atoms with Crippen LogP contribution in [0.2, 0.25) is 0 Å². The van der Waals surface area contributed by atoms with E-state index in [-0.39, 0.29) is 24.2 Å². The Balaban J connectivity index is 2.14. The molecule has 1 aromatic rings. The smallest absolute Gasteiger partial charge is 0.162 e. The number of rotatable bonds is 4. The van der Waals surface area contributed by atoms with Crippen molar-refractivity contribution in [1.29, 1.82) is 0 Å². The SMILES string of the molecule is COc1ccc(CO)cc1OC1CS(=O)(=O)C1. The van der Waals surface area contributed by atoms with Gasteiger partial charge in [-0.1, -0.05) is 6.07 Å². The quantitative estimate of drug-likeness (QED) is 0.844. The molecule has 17 heavy (non-hydrogen) atoms. The highest BCUT2D eigenvalue weighted by Gasteiger charge is 2.35. The van der Waals surface area contributed by atoms with Crippen LogP contribution in [0.4, 0.5) is 0 Å². The van der Waals surface area contributed by atoms with Gasteiger partial charge in [0.25, 0.3) is 0 Å². The second-order valence-corrected chi connectivity index (χ2v) is 6.11. The van der Waals surface area contributed by atoms with Gasteiger partial charge >= 0.3 is 0 Å². The average molecular weight is 258 g/mol. The summed E-state index contributed by atoms with van der Waals surface area (Å²) in [4.78, 5) is 0. The van der Waals surface area contributed by atoms with Crippen molar-refractivity contribution < 1.29 is 23.0 Å². The number of hydrogen-bond acceptors (Lipinski definition) is 5. The lowest BCUT2D eigenvalue weighted by Crippen LogP contribution is -2.45. The summed E-state index contributed by atoms with van der Waals surface area (Å²) in [5.41, 5.74) is 0.697. The summed E-state index contributed by atoms with van der Waals surface area (Å²) in [6.07, 6.45) is -0.317. The molecular formula is C11H14O5S. The number of benzene rings is 1. The molecule has 1 saturated heterocycles. The summed E-state index contributed by atoms with van der Waals surface area (Å²) in [6, 6.07) is 5.07. The van der Waals surface area contributed by atoms with Gasteiger partial charge in [0, 0.05) is 0 Å². The van der Waals surface area contributed by atoms with Gasteiger partial charge in [0.2, 0.25) is 0 Å². The topological polar surface area (TPSA) is 72.8 Å². The number of aliphatic hydroxyl groups excluding tert-OH is 1. The highest BCUT2D eigenvalue weighted by Crippen LogP contribution is 2.30. The molecule has 0 amide bonds. The largest absolute Gasteiger partial charge is 0.493 e. The van der Waals surface area contributed by atoms with Crippen LogP contribution < -0.4 is 9.47 Å². The van der Waals surface area contributed by atoms with Gasteiger partial charge in [-0.3, -0.25) is 0 Å². The maximum Gasteiger partial charge on any atom is 0.162 e. The molecular weight excluding hydrogens is 244 g/mol. The van der Waals surface area contributed by atoms with E-state index in [2.05, 4.69) is 0 Å². The average Bonchev–Trinajstić information content (AvgIpc) is 2.26. The summed E-state index contributed by atoms with van der Waals surface area (Å²) in [7, 11) is -1.39. The highest BCUT2D eigenvalue weighted by molar-refractivity contribution is 7.92. The lowest BCUT2D eigenvalue weighted by molar-refractivity contribution is 0.218. The Kier molecular flexibility index (Phi) is 3.26. The normalized spacial score (nSPS) is 18.5. The second-order valence-electron chi connectivity index (χ2n) is 3.96. The summed E-state index contributed by atoms with van der Waals surface area (Å²) >= 11 is 0. The minimum atomic E-state index is -2.90. The predicted molar refractivity (Wildman–Crippen MR) is 62.0 cm³/mol. The number of ether oxygens (including phenoxy) is 2. The van der Waals surface area contributed by atoms with Crippen LogP contribution in [0.1, 0.15) is 5.56 Å². The fourth-order valence-electron chi connectivity index (χ4n) is 1.68. The first-order chi connectivity index (χ1) is 8.04. The first-order valence-corrected chi connectivity index (χ1v) is 7.01. The minimum absolute atomic E-state index is 0.0412. The zero-order chi connectivity index (χ0) is 12.5. The molecule has 1 heterocycles. The predicted octanol–water partition coefficient (Wildman–Crippen LogP) is 0.363. The molecule has 1 aliphatic rings. The number of hydrogen-bond donors (Lipinski definition) is 1. The van der Waals surface area contributed by atoms with E-state index in [0.29, 0.717) is 17.1 Å². The monoisotopic (exact) mass is 258 g/mol. The summed E-state index contributed by atoms with van der Waals surface area (Å²) in [5.74, 6) is 1.09. The third kappa shape index (κ3) is 2.70. The van der Waals surface area contributed by atoms with Crippen molar-refractivity contribution in [3.63, 3.8) is 0 Å². The van der Waals surface area contributed by atoms with Gasteiger partial charge in [0.05, 0.1) is 25.2 Å². The molecule has 0 aromatic heterocycles. The van der Waals surface area contributed by atoms with Crippen molar-refractivity contribution in [2.75, 3.05) is 18.6 Å². The van der Waals surface area contributed by atoms with Crippen molar-refractivity contribution in [3.05, 3.63) is 23.8 Å². The van der Waals surface area contributed by atoms with Crippen LogP contribution in [0.3, 0.4) is 0 Å². The van der Waals surface area contributed by atoms with Crippen molar-refractivity contribution in [1.82, 2.24) is 0 Å². The van der Waals surface area contributed by atoms with Gasteiger partial charge in [-0.2, -0.15) is 0 Å². The lowest BCUT2D eigenvalue weighted by atomic mass is 10.2. The van der Waals surface area contributed by atoms with E-state index in [9.17, 15) is 8.42 Å². The van der Waals surface area contributed by atoms with Crippen molar-refractivity contribution in [3.8, 4) is 11.5 Å². The zero-order valence-corrected chi connectivity index (χ0v) is 10.2. The Morgan fingerprint density at radius 2 is 2.06 bits per heavy atom. The van der Waals surface area contributed by atoms with E-state index in [1.807, 2.05) is 0 Å². The Bertz CT molecular complexity index is 497. The Labute approximate surface area is 99.9 Å². The maximum absolute atomic E-state index is 11.0. The van der Waals surface area contributed by atoms with Crippen LogP contribution in [-0.4, -0.2) is 38.2 Å². The Morgan fingerprint density at radius 3 is 2.59 bits per heavy atom. The third-order valence-electron chi connectivity index (χ3n) is 2.58. The van der Waals surface area contributed by atoms with E-state index in [1.54, 1.807) is 18.2 Å². The molecule has 0 spiro atoms. The van der Waals surface area contributed by atoms with Crippen LogP contribution in [0, 0.1) is 0 Å². The van der Waals surface area contributed by atoms with Crippen LogP contribution in [0.15, 0.2) is 18.2 Å². The van der Waals surface area contributed by atoms with Gasteiger partial charge in [-0.25, -0.2) is 8.42 Å². The number of aliphatic hydroxyl groups is 1. The minimum Gasteiger partial charge on any atom is -0.493 e. The van der Waals surface area contributed by atoms with Crippen molar-refractivity contribution in [2.24, 2.45) is 0 Å². The molecule has 0 aliphatic carbocycles. The Hall–Kier alpha value is -1.27. The standard InChI is InChI=1S/C11H14O5S/c1-15-10-3-2-8(5-12)4-11(10)16-9-6-17(13,14)7-9/h2-4,9,12H,5-7H2,1H3. The van der Waals surface area contributed by atoms with E-state index >= 15 is 0 Å². The molecule has 0 atom stereocenters. The molecule has 94 valence electrons.